The van der Waals surface area contributed by atoms with Crippen LogP contribution in [0.15, 0.2) is 0 Å². The van der Waals surface area contributed by atoms with Gasteiger partial charge >= 0.3 is 0 Å². The number of hydrogen-bond donors (Lipinski definition) is 0. The third kappa shape index (κ3) is 6.97. The highest BCUT2D eigenvalue weighted by Crippen LogP contribution is 2.23. The third-order valence-corrected chi connectivity index (χ3v) is 4.57. The monoisotopic (exact) mass is 301 g/mol. The summed E-state index contributed by atoms with van der Waals surface area (Å²) in [5, 5.41) is 0. The van der Waals surface area contributed by atoms with Crippen LogP contribution in [0.25, 0.3) is 0 Å². The number of rotatable bonds is 10. The number of unbranched alkanes of at least 4 members (excludes halogenated alkanes) is 5. The molecule has 118 valence electrons. The SMILES string of the molecule is CCCCCCCCC(=O)N(CCCl)C1CCCCC1. The molecule has 0 N–H and O–H groups in total. The average Bonchev–Trinajstić information content (AvgIpc) is 2.49. The van der Waals surface area contributed by atoms with Crippen LogP contribution in [0, 0.1) is 0 Å². The summed E-state index contributed by atoms with van der Waals surface area (Å²) >= 11 is 5.88. The van der Waals surface area contributed by atoms with E-state index in [0.29, 0.717) is 17.8 Å². The molecule has 20 heavy (non-hydrogen) atoms. The number of halogens is 1. The zero-order valence-corrected chi connectivity index (χ0v) is 14.0. The summed E-state index contributed by atoms with van der Waals surface area (Å²) in [5.74, 6) is 0.909. The largest absolute Gasteiger partial charge is 0.339 e. The smallest absolute Gasteiger partial charge is 0.222 e. The Kier molecular flexibility index (Phi) is 10.2. The Hall–Kier alpha value is -0.240. The molecule has 0 aromatic carbocycles. The quantitative estimate of drug-likeness (QED) is 0.404. The molecule has 0 bridgehead atoms. The van der Waals surface area contributed by atoms with Gasteiger partial charge in [-0.1, -0.05) is 58.3 Å². The summed E-state index contributed by atoms with van der Waals surface area (Å²) in [7, 11) is 0. The summed E-state index contributed by atoms with van der Waals surface area (Å²) in [6, 6.07) is 0.468. The van der Waals surface area contributed by atoms with Crippen LogP contribution in [0.4, 0.5) is 0 Å². The second-order valence-corrected chi connectivity index (χ2v) is 6.46. The maximum atomic E-state index is 12.4. The van der Waals surface area contributed by atoms with E-state index in [1.54, 1.807) is 0 Å². The maximum Gasteiger partial charge on any atom is 0.222 e. The van der Waals surface area contributed by atoms with Crippen molar-refractivity contribution in [2.75, 3.05) is 12.4 Å². The van der Waals surface area contributed by atoms with E-state index in [9.17, 15) is 4.79 Å². The van der Waals surface area contributed by atoms with Gasteiger partial charge in [0.25, 0.3) is 0 Å². The molecule has 1 aliphatic rings. The maximum absolute atomic E-state index is 12.4. The molecule has 0 atom stereocenters. The molecule has 1 rings (SSSR count). The number of carbonyl (C=O) groups is 1. The van der Waals surface area contributed by atoms with Gasteiger partial charge in [-0.3, -0.25) is 4.79 Å². The molecule has 0 aliphatic heterocycles. The molecule has 3 heteroatoms. The van der Waals surface area contributed by atoms with Crippen molar-refractivity contribution in [1.82, 2.24) is 4.90 Å². The molecule has 0 radical (unpaired) electrons. The standard InChI is InChI=1S/C17H32ClNO/c1-2-3-4-5-6-10-13-17(20)19(15-14-18)16-11-8-7-9-12-16/h16H,2-15H2,1H3. The highest BCUT2D eigenvalue weighted by Gasteiger charge is 2.24. The van der Waals surface area contributed by atoms with Crippen LogP contribution in [0.3, 0.4) is 0 Å². The number of alkyl halides is 1. The second kappa shape index (κ2) is 11.4. The minimum Gasteiger partial charge on any atom is -0.339 e. The first kappa shape index (κ1) is 17.8. The molecule has 1 aliphatic carbocycles. The minimum absolute atomic E-state index is 0.341. The molecule has 0 aromatic rings. The Balaban J connectivity index is 2.24. The lowest BCUT2D eigenvalue weighted by atomic mass is 9.94. The molecule has 0 aromatic heterocycles. The van der Waals surface area contributed by atoms with Gasteiger partial charge in [0, 0.05) is 24.9 Å². The topological polar surface area (TPSA) is 20.3 Å². The van der Waals surface area contributed by atoms with Gasteiger partial charge in [0.2, 0.25) is 5.91 Å². The summed E-state index contributed by atoms with van der Waals surface area (Å²) in [4.78, 5) is 14.5. The van der Waals surface area contributed by atoms with Gasteiger partial charge < -0.3 is 4.90 Å². The van der Waals surface area contributed by atoms with Crippen molar-refractivity contribution in [3.05, 3.63) is 0 Å². The normalized spacial score (nSPS) is 16.3. The molecule has 0 heterocycles. The molecule has 1 amide bonds. The van der Waals surface area contributed by atoms with Gasteiger partial charge in [-0.25, -0.2) is 0 Å². The molecule has 1 saturated carbocycles. The van der Waals surface area contributed by atoms with E-state index in [1.807, 2.05) is 0 Å². The van der Waals surface area contributed by atoms with Crippen LogP contribution in [-0.4, -0.2) is 29.3 Å². The molecular weight excluding hydrogens is 270 g/mol. The second-order valence-electron chi connectivity index (χ2n) is 6.09. The van der Waals surface area contributed by atoms with E-state index in [0.717, 1.165) is 19.4 Å². The number of amides is 1. The fourth-order valence-corrected chi connectivity index (χ4v) is 3.38. The summed E-state index contributed by atoms with van der Waals surface area (Å²) < 4.78 is 0. The van der Waals surface area contributed by atoms with Crippen LogP contribution in [-0.2, 0) is 4.79 Å². The molecule has 0 spiro atoms. The lowest BCUT2D eigenvalue weighted by molar-refractivity contribution is -0.134. The Bertz CT molecular complexity index is 251. The van der Waals surface area contributed by atoms with Crippen molar-refractivity contribution < 1.29 is 4.79 Å². The zero-order valence-electron chi connectivity index (χ0n) is 13.2. The zero-order chi connectivity index (χ0) is 14.6. The van der Waals surface area contributed by atoms with Crippen molar-refractivity contribution in [3.63, 3.8) is 0 Å². The van der Waals surface area contributed by atoms with Crippen LogP contribution < -0.4 is 0 Å². The van der Waals surface area contributed by atoms with Crippen molar-refractivity contribution in [1.29, 1.82) is 0 Å². The van der Waals surface area contributed by atoms with Crippen LogP contribution in [0.2, 0.25) is 0 Å². The van der Waals surface area contributed by atoms with Gasteiger partial charge in [0.05, 0.1) is 0 Å². The predicted molar refractivity (Wildman–Crippen MR) is 87.3 cm³/mol. The Morgan fingerprint density at radius 2 is 1.70 bits per heavy atom. The fourth-order valence-electron chi connectivity index (χ4n) is 3.19. The van der Waals surface area contributed by atoms with E-state index in [2.05, 4.69) is 11.8 Å². The minimum atomic E-state index is 0.341. The van der Waals surface area contributed by atoms with E-state index in [4.69, 9.17) is 11.6 Å². The first-order valence-electron chi connectivity index (χ1n) is 8.65. The number of hydrogen-bond acceptors (Lipinski definition) is 1. The highest BCUT2D eigenvalue weighted by molar-refractivity contribution is 6.18. The lowest BCUT2D eigenvalue weighted by Gasteiger charge is -2.34. The van der Waals surface area contributed by atoms with Gasteiger partial charge in [-0.2, -0.15) is 0 Å². The molecule has 2 nitrogen and oxygen atoms in total. The van der Waals surface area contributed by atoms with Crippen LogP contribution in [0.5, 0.6) is 0 Å². The molecule has 0 unspecified atom stereocenters. The first-order valence-corrected chi connectivity index (χ1v) is 9.18. The van der Waals surface area contributed by atoms with E-state index >= 15 is 0 Å². The van der Waals surface area contributed by atoms with Crippen LogP contribution >= 0.6 is 11.6 Å². The lowest BCUT2D eigenvalue weighted by Crippen LogP contribution is -2.42. The molecule has 1 fully saturated rings. The van der Waals surface area contributed by atoms with Gasteiger partial charge in [0.15, 0.2) is 0 Å². The predicted octanol–water partition coefficient (Wildman–Crippen LogP) is 5.14. The fraction of sp³-hybridized carbons (Fsp3) is 0.941. The Morgan fingerprint density at radius 1 is 1.05 bits per heavy atom. The van der Waals surface area contributed by atoms with Crippen molar-refractivity contribution in [2.24, 2.45) is 0 Å². The summed E-state index contributed by atoms with van der Waals surface area (Å²) in [6.07, 6.45) is 14.4. The van der Waals surface area contributed by atoms with Gasteiger partial charge in [-0.05, 0) is 19.3 Å². The summed E-state index contributed by atoms with van der Waals surface area (Å²) in [5.41, 5.74) is 0. The summed E-state index contributed by atoms with van der Waals surface area (Å²) in [6.45, 7) is 2.97. The van der Waals surface area contributed by atoms with Crippen molar-refractivity contribution >= 4 is 17.5 Å². The van der Waals surface area contributed by atoms with E-state index in [-0.39, 0.29) is 0 Å². The third-order valence-electron chi connectivity index (χ3n) is 4.41. The van der Waals surface area contributed by atoms with E-state index < -0.39 is 0 Å². The average molecular weight is 302 g/mol. The van der Waals surface area contributed by atoms with Gasteiger partial charge in [0.1, 0.15) is 0 Å². The van der Waals surface area contributed by atoms with Crippen molar-refractivity contribution in [2.45, 2.75) is 90.0 Å². The number of carbonyl (C=O) groups excluding carboxylic acids is 1. The number of nitrogens with zero attached hydrogens (tertiary/aromatic N) is 1. The van der Waals surface area contributed by atoms with Crippen LogP contribution in [0.1, 0.15) is 84.0 Å². The van der Waals surface area contributed by atoms with E-state index in [1.165, 1.54) is 64.2 Å². The first-order chi connectivity index (χ1) is 9.79. The highest BCUT2D eigenvalue weighted by atomic mass is 35.5. The Labute approximate surface area is 130 Å². The van der Waals surface area contributed by atoms with Gasteiger partial charge in [-0.15, -0.1) is 11.6 Å². The molecule has 0 saturated heterocycles. The van der Waals surface area contributed by atoms with Crippen molar-refractivity contribution in [3.8, 4) is 0 Å². The molecular formula is C17H32ClNO. The Morgan fingerprint density at radius 3 is 2.35 bits per heavy atom.